The molecule has 0 radical (unpaired) electrons. The van der Waals surface area contributed by atoms with Gasteiger partial charge in [0.2, 0.25) is 5.91 Å². The van der Waals surface area contributed by atoms with Crippen molar-refractivity contribution in [2.45, 2.75) is 84.3 Å². The van der Waals surface area contributed by atoms with E-state index in [2.05, 4.69) is 53.1 Å². The highest BCUT2D eigenvalue weighted by atomic mass is 127. The van der Waals surface area contributed by atoms with Crippen molar-refractivity contribution in [2.75, 3.05) is 33.2 Å². The van der Waals surface area contributed by atoms with E-state index in [-0.39, 0.29) is 29.9 Å². The quantitative estimate of drug-likeness (QED) is 0.230. The van der Waals surface area contributed by atoms with Crippen LogP contribution in [0.25, 0.3) is 0 Å². The van der Waals surface area contributed by atoms with Crippen molar-refractivity contribution in [1.29, 1.82) is 0 Å². The molecule has 0 aromatic heterocycles. The van der Waals surface area contributed by atoms with Gasteiger partial charge in [0.25, 0.3) is 0 Å². The average molecular weight is 508 g/mol. The Hall–Kier alpha value is -0.570. The van der Waals surface area contributed by atoms with Crippen molar-refractivity contribution in [3.05, 3.63) is 0 Å². The van der Waals surface area contributed by atoms with Gasteiger partial charge in [-0.15, -0.1) is 24.0 Å². The third-order valence-corrected chi connectivity index (χ3v) is 5.98. The molecule has 7 heteroatoms. The fraction of sp³-hybridized carbons (Fsp3) is 0.905. The van der Waals surface area contributed by atoms with Gasteiger partial charge >= 0.3 is 0 Å². The summed E-state index contributed by atoms with van der Waals surface area (Å²) in [7, 11) is 1.82. The largest absolute Gasteiger partial charge is 0.356 e. The number of nitrogens with one attached hydrogen (secondary N) is 2. The number of carbonyl (C=O) groups is 1. The lowest BCUT2D eigenvalue weighted by atomic mass is 10.1. The standard InChI is InChI=1S/C21H41N5O.HI/c1-16(2)26(17(3)4)13-8-12-23-21(22-5)24-19-11-14-25(15-19)20(27)18-9-6-7-10-18;/h16-19H,6-15H2,1-5H3,(H2,22,23,24);1H. The van der Waals surface area contributed by atoms with Crippen LogP contribution in [0.3, 0.4) is 0 Å². The van der Waals surface area contributed by atoms with E-state index >= 15 is 0 Å². The molecule has 0 aromatic carbocycles. The number of guanidine groups is 1. The fourth-order valence-electron chi connectivity index (χ4n) is 4.48. The van der Waals surface area contributed by atoms with E-state index in [1.807, 2.05) is 7.05 Å². The van der Waals surface area contributed by atoms with Crippen LogP contribution in [0.4, 0.5) is 0 Å². The van der Waals surface area contributed by atoms with Crippen LogP contribution in [0.2, 0.25) is 0 Å². The highest BCUT2D eigenvalue weighted by molar-refractivity contribution is 14.0. The molecule has 1 amide bonds. The Morgan fingerprint density at radius 2 is 1.79 bits per heavy atom. The molecule has 1 aliphatic heterocycles. The van der Waals surface area contributed by atoms with Crippen LogP contribution in [0.1, 0.15) is 66.2 Å². The molecule has 2 rings (SSSR count). The molecule has 1 heterocycles. The van der Waals surface area contributed by atoms with Gasteiger partial charge in [0.15, 0.2) is 5.96 Å². The van der Waals surface area contributed by atoms with Gasteiger partial charge in [0.1, 0.15) is 0 Å². The third kappa shape index (κ3) is 7.69. The van der Waals surface area contributed by atoms with Gasteiger partial charge in [-0.25, -0.2) is 0 Å². The number of nitrogens with zero attached hydrogens (tertiary/aromatic N) is 3. The minimum atomic E-state index is 0. The number of amides is 1. The van der Waals surface area contributed by atoms with E-state index in [9.17, 15) is 4.79 Å². The first-order chi connectivity index (χ1) is 12.9. The predicted octanol–water partition coefficient (Wildman–Crippen LogP) is 3.07. The molecule has 0 spiro atoms. The molecule has 2 aliphatic rings. The fourth-order valence-corrected chi connectivity index (χ4v) is 4.48. The van der Waals surface area contributed by atoms with Crippen LogP contribution in [0.5, 0.6) is 0 Å². The maximum Gasteiger partial charge on any atom is 0.225 e. The van der Waals surface area contributed by atoms with Crippen molar-refractivity contribution < 1.29 is 4.79 Å². The SMILES string of the molecule is CN=C(NCCCN(C(C)C)C(C)C)NC1CCN(C(=O)C2CCCC2)C1.I. The van der Waals surface area contributed by atoms with Gasteiger partial charge in [0, 0.05) is 57.3 Å². The molecule has 0 aromatic rings. The lowest BCUT2D eigenvalue weighted by Crippen LogP contribution is -2.46. The number of likely N-dealkylation sites (tertiary alicyclic amines) is 1. The summed E-state index contributed by atoms with van der Waals surface area (Å²) in [5.41, 5.74) is 0. The van der Waals surface area contributed by atoms with Gasteiger partial charge < -0.3 is 15.5 Å². The maximum absolute atomic E-state index is 12.6. The normalized spacial score (nSPS) is 20.9. The second-order valence-electron chi connectivity index (χ2n) is 8.67. The minimum absolute atomic E-state index is 0. The highest BCUT2D eigenvalue weighted by Gasteiger charge is 2.32. The summed E-state index contributed by atoms with van der Waals surface area (Å²) < 4.78 is 0. The monoisotopic (exact) mass is 507 g/mol. The Morgan fingerprint density at radius 1 is 1.14 bits per heavy atom. The van der Waals surface area contributed by atoms with Crippen LogP contribution in [0, 0.1) is 5.92 Å². The van der Waals surface area contributed by atoms with E-state index in [0.717, 1.165) is 57.8 Å². The first-order valence-corrected chi connectivity index (χ1v) is 10.9. The Kier molecular flexibility index (Phi) is 11.7. The van der Waals surface area contributed by atoms with Gasteiger partial charge in [-0.3, -0.25) is 14.7 Å². The Balaban J connectivity index is 0.00000392. The number of rotatable bonds is 8. The molecule has 164 valence electrons. The number of hydrogen-bond acceptors (Lipinski definition) is 3. The van der Waals surface area contributed by atoms with Crippen LogP contribution in [-0.2, 0) is 4.79 Å². The molecule has 1 atom stereocenters. The number of halogens is 1. The van der Waals surface area contributed by atoms with Crippen molar-refractivity contribution in [1.82, 2.24) is 20.4 Å². The summed E-state index contributed by atoms with van der Waals surface area (Å²) in [6.45, 7) is 12.7. The molecule has 1 saturated heterocycles. The van der Waals surface area contributed by atoms with Gasteiger partial charge in [0.05, 0.1) is 0 Å². The average Bonchev–Trinajstić information content (AvgIpc) is 3.31. The molecule has 1 unspecified atom stereocenters. The van der Waals surface area contributed by atoms with E-state index in [1.54, 1.807) is 0 Å². The lowest BCUT2D eigenvalue weighted by molar-refractivity contribution is -0.134. The molecule has 0 bridgehead atoms. The highest BCUT2D eigenvalue weighted by Crippen LogP contribution is 2.27. The summed E-state index contributed by atoms with van der Waals surface area (Å²) in [4.78, 5) is 21.5. The van der Waals surface area contributed by atoms with Crippen LogP contribution >= 0.6 is 24.0 Å². The smallest absolute Gasteiger partial charge is 0.225 e. The number of hydrogen-bond donors (Lipinski definition) is 2. The predicted molar refractivity (Wildman–Crippen MR) is 128 cm³/mol. The second-order valence-corrected chi connectivity index (χ2v) is 8.67. The Bertz CT molecular complexity index is 483. The second kappa shape index (κ2) is 12.9. The van der Waals surface area contributed by atoms with Crippen molar-refractivity contribution in [2.24, 2.45) is 10.9 Å². The van der Waals surface area contributed by atoms with Crippen molar-refractivity contribution in [3.8, 4) is 0 Å². The first-order valence-electron chi connectivity index (χ1n) is 10.9. The number of carbonyl (C=O) groups excluding carboxylic acids is 1. The zero-order valence-electron chi connectivity index (χ0n) is 18.5. The van der Waals surface area contributed by atoms with Gasteiger partial charge in [-0.05, 0) is 53.4 Å². The number of aliphatic imine (C=N–C) groups is 1. The summed E-state index contributed by atoms with van der Waals surface area (Å²) >= 11 is 0. The van der Waals surface area contributed by atoms with Crippen molar-refractivity contribution >= 4 is 35.8 Å². The molecular formula is C21H42IN5O. The van der Waals surface area contributed by atoms with Crippen LogP contribution in [0.15, 0.2) is 4.99 Å². The third-order valence-electron chi connectivity index (χ3n) is 5.98. The Labute approximate surface area is 189 Å². The first kappa shape index (κ1) is 25.5. The summed E-state index contributed by atoms with van der Waals surface area (Å²) in [5, 5.41) is 6.94. The molecular weight excluding hydrogens is 465 g/mol. The zero-order valence-corrected chi connectivity index (χ0v) is 20.9. The van der Waals surface area contributed by atoms with Crippen molar-refractivity contribution in [3.63, 3.8) is 0 Å². The topological polar surface area (TPSA) is 60.0 Å². The summed E-state index contributed by atoms with van der Waals surface area (Å²) in [6, 6.07) is 1.46. The van der Waals surface area contributed by atoms with E-state index in [0.29, 0.717) is 24.0 Å². The zero-order chi connectivity index (χ0) is 19.8. The summed E-state index contributed by atoms with van der Waals surface area (Å²) in [6.07, 6.45) is 6.70. The van der Waals surface area contributed by atoms with E-state index < -0.39 is 0 Å². The molecule has 28 heavy (non-hydrogen) atoms. The van der Waals surface area contributed by atoms with Gasteiger partial charge in [-0.1, -0.05) is 12.8 Å². The molecule has 1 aliphatic carbocycles. The maximum atomic E-state index is 12.6. The van der Waals surface area contributed by atoms with Gasteiger partial charge in [-0.2, -0.15) is 0 Å². The van der Waals surface area contributed by atoms with E-state index in [1.165, 1.54) is 12.8 Å². The molecule has 2 fully saturated rings. The van der Waals surface area contributed by atoms with Crippen LogP contribution < -0.4 is 10.6 Å². The minimum Gasteiger partial charge on any atom is -0.356 e. The van der Waals surface area contributed by atoms with E-state index in [4.69, 9.17) is 0 Å². The molecule has 1 saturated carbocycles. The lowest BCUT2D eigenvalue weighted by Gasteiger charge is -2.30. The molecule has 6 nitrogen and oxygen atoms in total. The molecule has 2 N–H and O–H groups in total. The summed E-state index contributed by atoms with van der Waals surface area (Å²) in [5.74, 6) is 1.52. The Morgan fingerprint density at radius 3 is 2.36 bits per heavy atom. The van der Waals surface area contributed by atoms with Crippen LogP contribution in [-0.4, -0.2) is 73.0 Å².